The first-order valence-corrected chi connectivity index (χ1v) is 2.05. The Labute approximate surface area is 51.4 Å². The maximum absolute atomic E-state index is 10.3. The van der Waals surface area contributed by atoms with Crippen molar-refractivity contribution < 1.29 is 4.79 Å². The molecule has 0 atom stereocenters. The topological polar surface area (TPSA) is 117 Å². The standard InChI is InChI=1S/C3H7N5O/c4-2(1-7-5)3(9)8-6/h1,4H,5-6H2,(H,8,9)/b4-2?,7-1-. The van der Waals surface area contributed by atoms with Gasteiger partial charge in [-0.2, -0.15) is 5.10 Å². The van der Waals surface area contributed by atoms with E-state index in [-0.39, 0.29) is 5.71 Å². The number of nitrogens with two attached hydrogens (primary N) is 2. The molecule has 6 nitrogen and oxygen atoms in total. The van der Waals surface area contributed by atoms with Gasteiger partial charge in [0.15, 0.2) is 0 Å². The summed E-state index contributed by atoms with van der Waals surface area (Å²) in [4.78, 5) is 10.3. The first-order chi connectivity index (χ1) is 4.22. The Morgan fingerprint density at radius 1 is 1.78 bits per heavy atom. The predicted octanol–water partition coefficient (Wildman–Crippen LogP) is -2.06. The quantitative estimate of drug-likeness (QED) is 0.148. The van der Waals surface area contributed by atoms with Crippen molar-refractivity contribution in [3.05, 3.63) is 0 Å². The van der Waals surface area contributed by atoms with E-state index in [1.165, 1.54) is 0 Å². The van der Waals surface area contributed by atoms with E-state index in [4.69, 9.17) is 5.41 Å². The molecule has 50 valence electrons. The van der Waals surface area contributed by atoms with Gasteiger partial charge in [-0.25, -0.2) is 5.84 Å². The van der Waals surface area contributed by atoms with Crippen LogP contribution < -0.4 is 17.1 Å². The van der Waals surface area contributed by atoms with Crippen LogP contribution in [0.1, 0.15) is 0 Å². The average molecular weight is 129 g/mol. The van der Waals surface area contributed by atoms with Gasteiger partial charge in [-0.1, -0.05) is 0 Å². The summed E-state index contributed by atoms with van der Waals surface area (Å²) in [6.45, 7) is 0. The van der Waals surface area contributed by atoms with Crippen molar-refractivity contribution in [2.75, 3.05) is 0 Å². The largest absolute Gasteiger partial charge is 0.323 e. The molecule has 0 radical (unpaired) electrons. The highest BCUT2D eigenvalue weighted by Crippen LogP contribution is 1.64. The molecule has 0 aliphatic rings. The molecule has 9 heavy (non-hydrogen) atoms. The Kier molecular flexibility index (Phi) is 2.99. The third-order valence-electron chi connectivity index (χ3n) is 0.579. The molecule has 0 aliphatic heterocycles. The number of rotatable bonds is 2. The smallest absolute Gasteiger partial charge is 0.284 e. The zero-order valence-electron chi connectivity index (χ0n) is 4.59. The normalized spacial score (nSPS) is 9.44. The monoisotopic (exact) mass is 129 g/mol. The maximum atomic E-state index is 10.3. The third-order valence-corrected chi connectivity index (χ3v) is 0.579. The lowest BCUT2D eigenvalue weighted by Gasteiger charge is -1.91. The van der Waals surface area contributed by atoms with Gasteiger partial charge in [0.25, 0.3) is 5.91 Å². The van der Waals surface area contributed by atoms with E-state index in [9.17, 15) is 4.79 Å². The average Bonchev–Trinajstić information content (AvgIpc) is 1.87. The molecule has 0 aromatic heterocycles. The van der Waals surface area contributed by atoms with Gasteiger partial charge in [0, 0.05) is 0 Å². The van der Waals surface area contributed by atoms with Crippen molar-refractivity contribution in [2.45, 2.75) is 0 Å². The van der Waals surface area contributed by atoms with Gasteiger partial charge in [-0.15, -0.1) is 0 Å². The molecule has 0 aromatic rings. The van der Waals surface area contributed by atoms with Crippen LogP contribution >= 0.6 is 0 Å². The summed E-state index contributed by atoms with van der Waals surface area (Å²) in [6, 6.07) is 0. The summed E-state index contributed by atoms with van der Waals surface area (Å²) in [7, 11) is 0. The molecule has 0 unspecified atom stereocenters. The van der Waals surface area contributed by atoms with Gasteiger partial charge < -0.3 is 5.84 Å². The van der Waals surface area contributed by atoms with Crippen LogP contribution in [-0.2, 0) is 4.79 Å². The number of hydrogen-bond donors (Lipinski definition) is 4. The van der Waals surface area contributed by atoms with Crippen molar-refractivity contribution in [1.82, 2.24) is 5.43 Å². The SMILES string of the molecule is N=C(/C=N\N)C(=O)NN. The van der Waals surface area contributed by atoms with Crippen molar-refractivity contribution in [3.8, 4) is 0 Å². The summed E-state index contributed by atoms with van der Waals surface area (Å²) in [5.74, 6) is 8.57. The summed E-state index contributed by atoms with van der Waals surface area (Å²) in [6.07, 6.45) is 0.891. The lowest BCUT2D eigenvalue weighted by atomic mass is 10.4. The van der Waals surface area contributed by atoms with Crippen molar-refractivity contribution in [3.63, 3.8) is 0 Å². The van der Waals surface area contributed by atoms with E-state index in [2.05, 4.69) is 16.8 Å². The Morgan fingerprint density at radius 3 is 2.67 bits per heavy atom. The Hall–Kier alpha value is -1.43. The highest BCUT2D eigenvalue weighted by atomic mass is 16.2. The highest BCUT2D eigenvalue weighted by molar-refractivity contribution is 6.59. The van der Waals surface area contributed by atoms with Gasteiger partial charge in [0.05, 0.1) is 6.21 Å². The summed E-state index contributed by atoms with van der Waals surface area (Å²) >= 11 is 0. The van der Waals surface area contributed by atoms with Gasteiger partial charge in [0.1, 0.15) is 5.71 Å². The van der Waals surface area contributed by atoms with E-state index in [0.29, 0.717) is 0 Å². The fraction of sp³-hybridized carbons (Fsp3) is 0. The van der Waals surface area contributed by atoms with E-state index in [1.807, 2.05) is 0 Å². The molecule has 0 saturated carbocycles. The van der Waals surface area contributed by atoms with Crippen LogP contribution in [-0.4, -0.2) is 17.8 Å². The minimum atomic E-state index is -0.718. The molecular formula is C3H7N5O. The van der Waals surface area contributed by atoms with Crippen LogP contribution in [0, 0.1) is 5.41 Å². The summed E-state index contributed by atoms with van der Waals surface area (Å²) < 4.78 is 0. The number of nitrogens with one attached hydrogen (secondary N) is 2. The molecule has 0 spiro atoms. The third kappa shape index (κ3) is 2.39. The Balaban J connectivity index is 3.89. The van der Waals surface area contributed by atoms with E-state index in [0.717, 1.165) is 6.21 Å². The molecule has 1 amide bonds. The van der Waals surface area contributed by atoms with E-state index in [1.54, 1.807) is 5.43 Å². The molecule has 6 N–H and O–H groups in total. The van der Waals surface area contributed by atoms with Crippen LogP contribution in [0.25, 0.3) is 0 Å². The van der Waals surface area contributed by atoms with Crippen LogP contribution in [0.5, 0.6) is 0 Å². The molecule has 0 bridgehead atoms. The number of hydrogen-bond acceptors (Lipinski definition) is 5. The number of hydrazine groups is 1. The van der Waals surface area contributed by atoms with Crippen molar-refractivity contribution >= 4 is 17.8 Å². The number of hydrazone groups is 1. The lowest BCUT2D eigenvalue weighted by molar-refractivity contribution is -0.114. The lowest BCUT2D eigenvalue weighted by Crippen LogP contribution is -2.36. The number of amides is 1. The van der Waals surface area contributed by atoms with Gasteiger partial charge in [-0.3, -0.25) is 15.6 Å². The van der Waals surface area contributed by atoms with Gasteiger partial charge in [-0.05, 0) is 0 Å². The second-order valence-electron chi connectivity index (χ2n) is 1.17. The zero-order valence-corrected chi connectivity index (χ0v) is 4.59. The minimum Gasteiger partial charge on any atom is -0.323 e. The molecule has 0 aliphatic carbocycles. The second kappa shape index (κ2) is 3.56. The Morgan fingerprint density at radius 2 is 2.33 bits per heavy atom. The van der Waals surface area contributed by atoms with Crippen molar-refractivity contribution in [2.24, 2.45) is 16.8 Å². The van der Waals surface area contributed by atoms with Gasteiger partial charge in [0.2, 0.25) is 0 Å². The summed E-state index contributed by atoms with van der Waals surface area (Å²) in [5, 5.41) is 9.71. The maximum Gasteiger partial charge on any atom is 0.284 e. The number of carbonyl (C=O) groups is 1. The van der Waals surface area contributed by atoms with E-state index >= 15 is 0 Å². The van der Waals surface area contributed by atoms with Crippen LogP contribution in [0.4, 0.5) is 0 Å². The zero-order chi connectivity index (χ0) is 7.28. The number of nitrogens with zero attached hydrogens (tertiary/aromatic N) is 1. The molecule has 0 aromatic carbocycles. The first-order valence-electron chi connectivity index (χ1n) is 2.05. The second-order valence-corrected chi connectivity index (χ2v) is 1.17. The molecular weight excluding hydrogens is 122 g/mol. The molecule has 0 heterocycles. The minimum absolute atomic E-state index is 0.375. The Bertz CT molecular complexity index is 150. The van der Waals surface area contributed by atoms with E-state index < -0.39 is 5.91 Å². The fourth-order valence-corrected chi connectivity index (χ4v) is 0.211. The summed E-state index contributed by atoms with van der Waals surface area (Å²) in [5.41, 5.74) is 1.36. The molecule has 0 saturated heterocycles. The first kappa shape index (κ1) is 7.57. The number of carbonyl (C=O) groups excluding carboxylic acids is 1. The molecule has 0 rings (SSSR count). The van der Waals surface area contributed by atoms with Crippen molar-refractivity contribution in [1.29, 1.82) is 5.41 Å². The van der Waals surface area contributed by atoms with Crippen LogP contribution in [0.15, 0.2) is 5.10 Å². The molecule has 0 fully saturated rings. The van der Waals surface area contributed by atoms with Crippen LogP contribution in [0.3, 0.4) is 0 Å². The molecule has 6 heteroatoms. The van der Waals surface area contributed by atoms with Crippen LogP contribution in [0.2, 0.25) is 0 Å². The highest BCUT2D eigenvalue weighted by Gasteiger charge is 2.01. The predicted molar refractivity (Wildman–Crippen MR) is 32.7 cm³/mol. The van der Waals surface area contributed by atoms with Gasteiger partial charge >= 0.3 is 0 Å². The fourth-order valence-electron chi connectivity index (χ4n) is 0.211.